The monoisotopic (exact) mass is 300 g/mol. The van der Waals surface area contributed by atoms with E-state index in [-0.39, 0.29) is 10.9 Å². The Morgan fingerprint density at radius 3 is 2.90 bits per heavy atom. The lowest BCUT2D eigenvalue weighted by Gasteiger charge is -2.26. The van der Waals surface area contributed by atoms with Crippen LogP contribution in [0.15, 0.2) is 18.2 Å². The largest absolute Gasteiger partial charge is 0.378 e. The topological polar surface area (TPSA) is 41.6 Å². The first-order valence-electron chi connectivity index (χ1n) is 6.67. The minimum Gasteiger partial charge on any atom is -0.378 e. The van der Waals surface area contributed by atoms with Crippen molar-refractivity contribution in [3.05, 3.63) is 34.6 Å². The van der Waals surface area contributed by atoms with Gasteiger partial charge < -0.3 is 15.0 Å². The first-order chi connectivity index (χ1) is 9.68. The Labute approximate surface area is 122 Å². The molecule has 1 fully saturated rings. The molecule has 1 aromatic rings. The van der Waals surface area contributed by atoms with Crippen molar-refractivity contribution in [2.75, 3.05) is 32.8 Å². The van der Waals surface area contributed by atoms with E-state index in [1.807, 2.05) is 0 Å². The standard InChI is InChI=1S/C14H18ClFN2O2/c15-12-3-1-2-11(14(12)16)10-17-5-4-13(19)18-6-8-20-9-7-18/h1-3,17H,4-10H2. The molecular weight excluding hydrogens is 283 g/mol. The van der Waals surface area contributed by atoms with Crippen molar-refractivity contribution in [1.29, 1.82) is 0 Å². The van der Waals surface area contributed by atoms with E-state index in [1.54, 1.807) is 17.0 Å². The van der Waals surface area contributed by atoms with Crippen molar-refractivity contribution >= 4 is 17.5 Å². The van der Waals surface area contributed by atoms with Gasteiger partial charge in [0.05, 0.1) is 18.2 Å². The van der Waals surface area contributed by atoms with Gasteiger partial charge in [-0.15, -0.1) is 0 Å². The van der Waals surface area contributed by atoms with Crippen molar-refractivity contribution < 1.29 is 13.9 Å². The summed E-state index contributed by atoms with van der Waals surface area (Å²) in [7, 11) is 0. The van der Waals surface area contributed by atoms with Crippen LogP contribution in [0, 0.1) is 5.82 Å². The maximum Gasteiger partial charge on any atom is 0.224 e. The summed E-state index contributed by atoms with van der Waals surface area (Å²) in [4.78, 5) is 13.7. The van der Waals surface area contributed by atoms with Gasteiger partial charge in [-0.25, -0.2) is 4.39 Å². The zero-order chi connectivity index (χ0) is 14.4. The molecule has 0 unspecified atom stereocenters. The molecule has 1 aliphatic rings. The Kier molecular flexibility index (Phi) is 5.76. The second kappa shape index (κ2) is 7.57. The number of hydrogen-bond donors (Lipinski definition) is 1. The van der Waals surface area contributed by atoms with E-state index in [0.717, 1.165) is 0 Å². The molecule has 6 heteroatoms. The van der Waals surface area contributed by atoms with Crippen LogP contribution in [0.4, 0.5) is 4.39 Å². The van der Waals surface area contributed by atoms with Crippen molar-refractivity contribution in [1.82, 2.24) is 10.2 Å². The molecule has 1 aliphatic heterocycles. The van der Waals surface area contributed by atoms with Crippen LogP contribution < -0.4 is 5.32 Å². The highest BCUT2D eigenvalue weighted by atomic mass is 35.5. The molecule has 0 atom stereocenters. The quantitative estimate of drug-likeness (QED) is 0.844. The third-order valence-corrected chi connectivity index (χ3v) is 3.52. The number of benzene rings is 1. The Bertz CT molecular complexity index is 464. The summed E-state index contributed by atoms with van der Waals surface area (Å²) in [5.74, 6) is -0.298. The number of carbonyl (C=O) groups excluding carboxylic acids is 1. The van der Waals surface area contributed by atoms with Crippen LogP contribution >= 0.6 is 11.6 Å². The Hall–Kier alpha value is -1.17. The minimum absolute atomic E-state index is 0.104. The lowest BCUT2D eigenvalue weighted by molar-refractivity contribution is -0.135. The average Bonchev–Trinajstić information content (AvgIpc) is 2.48. The summed E-state index contributed by atoms with van der Waals surface area (Å²) >= 11 is 5.70. The lowest BCUT2D eigenvalue weighted by atomic mass is 10.2. The average molecular weight is 301 g/mol. The van der Waals surface area contributed by atoms with Crippen molar-refractivity contribution in [2.24, 2.45) is 0 Å². The summed E-state index contributed by atoms with van der Waals surface area (Å²) in [5, 5.41) is 3.18. The smallest absolute Gasteiger partial charge is 0.224 e. The Morgan fingerprint density at radius 1 is 1.40 bits per heavy atom. The normalized spacial score (nSPS) is 15.4. The molecule has 1 heterocycles. The molecule has 4 nitrogen and oxygen atoms in total. The maximum absolute atomic E-state index is 13.6. The van der Waals surface area contributed by atoms with Gasteiger partial charge in [-0.05, 0) is 6.07 Å². The van der Waals surface area contributed by atoms with Gasteiger partial charge in [-0.3, -0.25) is 4.79 Å². The number of carbonyl (C=O) groups is 1. The number of rotatable bonds is 5. The second-order valence-corrected chi connectivity index (χ2v) is 5.04. The fourth-order valence-electron chi connectivity index (χ4n) is 2.07. The fourth-order valence-corrected chi connectivity index (χ4v) is 2.27. The van der Waals surface area contributed by atoms with Crippen LogP contribution in [0.2, 0.25) is 5.02 Å². The summed E-state index contributed by atoms with van der Waals surface area (Å²) in [6.07, 6.45) is 0.405. The van der Waals surface area contributed by atoms with Gasteiger partial charge in [0, 0.05) is 38.2 Å². The molecule has 0 bridgehead atoms. The molecule has 0 aromatic heterocycles. The van der Waals surface area contributed by atoms with Crippen LogP contribution in [0.3, 0.4) is 0 Å². The van der Waals surface area contributed by atoms with E-state index < -0.39 is 5.82 Å². The number of hydrogen-bond acceptors (Lipinski definition) is 3. The molecule has 0 radical (unpaired) electrons. The van der Waals surface area contributed by atoms with Gasteiger partial charge in [-0.2, -0.15) is 0 Å². The highest BCUT2D eigenvalue weighted by molar-refractivity contribution is 6.30. The predicted octanol–water partition coefficient (Wildman–Crippen LogP) is 1.82. The zero-order valence-corrected chi connectivity index (χ0v) is 12.0. The highest BCUT2D eigenvalue weighted by Gasteiger charge is 2.16. The molecular formula is C14H18ClFN2O2. The Balaban J connectivity index is 1.70. The van der Waals surface area contributed by atoms with E-state index in [9.17, 15) is 9.18 Å². The molecule has 1 amide bonds. The molecule has 20 heavy (non-hydrogen) atoms. The van der Waals surface area contributed by atoms with E-state index in [0.29, 0.717) is 51.4 Å². The minimum atomic E-state index is -0.402. The second-order valence-electron chi connectivity index (χ2n) is 4.63. The third kappa shape index (κ3) is 4.16. The predicted molar refractivity (Wildman–Crippen MR) is 75.1 cm³/mol. The third-order valence-electron chi connectivity index (χ3n) is 3.23. The number of nitrogens with zero attached hydrogens (tertiary/aromatic N) is 1. The highest BCUT2D eigenvalue weighted by Crippen LogP contribution is 2.17. The van der Waals surface area contributed by atoms with Crippen LogP contribution in [-0.4, -0.2) is 43.7 Å². The van der Waals surface area contributed by atoms with Gasteiger partial charge in [0.2, 0.25) is 5.91 Å². The van der Waals surface area contributed by atoms with Gasteiger partial charge in [0.25, 0.3) is 0 Å². The number of halogens is 2. The molecule has 2 rings (SSSR count). The van der Waals surface area contributed by atoms with Crippen LogP contribution in [0.5, 0.6) is 0 Å². The summed E-state index contributed by atoms with van der Waals surface area (Å²) < 4.78 is 18.8. The van der Waals surface area contributed by atoms with Crippen molar-refractivity contribution in [3.8, 4) is 0 Å². The molecule has 1 saturated heterocycles. The van der Waals surface area contributed by atoms with E-state index in [1.165, 1.54) is 6.07 Å². The van der Waals surface area contributed by atoms with E-state index in [2.05, 4.69) is 5.32 Å². The fraction of sp³-hybridized carbons (Fsp3) is 0.500. The zero-order valence-electron chi connectivity index (χ0n) is 11.2. The SMILES string of the molecule is O=C(CCNCc1cccc(Cl)c1F)N1CCOCC1. The summed E-state index contributed by atoms with van der Waals surface area (Å²) in [6.45, 7) is 3.40. The molecule has 1 N–H and O–H groups in total. The molecule has 110 valence electrons. The van der Waals surface area contributed by atoms with Gasteiger partial charge >= 0.3 is 0 Å². The maximum atomic E-state index is 13.6. The van der Waals surface area contributed by atoms with Crippen molar-refractivity contribution in [3.63, 3.8) is 0 Å². The number of morpholine rings is 1. The van der Waals surface area contributed by atoms with E-state index in [4.69, 9.17) is 16.3 Å². The molecule has 0 spiro atoms. The number of ether oxygens (including phenoxy) is 1. The van der Waals surface area contributed by atoms with Gasteiger partial charge in [-0.1, -0.05) is 23.7 Å². The van der Waals surface area contributed by atoms with Crippen molar-refractivity contribution in [2.45, 2.75) is 13.0 Å². The van der Waals surface area contributed by atoms with Crippen LogP contribution in [0.25, 0.3) is 0 Å². The Morgan fingerprint density at radius 2 is 2.15 bits per heavy atom. The van der Waals surface area contributed by atoms with Gasteiger partial charge in [0.15, 0.2) is 0 Å². The van der Waals surface area contributed by atoms with E-state index >= 15 is 0 Å². The van der Waals surface area contributed by atoms with Gasteiger partial charge in [0.1, 0.15) is 5.82 Å². The number of nitrogens with one attached hydrogen (secondary N) is 1. The van der Waals surface area contributed by atoms with Crippen LogP contribution in [0.1, 0.15) is 12.0 Å². The first-order valence-corrected chi connectivity index (χ1v) is 7.05. The molecule has 0 aliphatic carbocycles. The molecule has 1 aromatic carbocycles. The lowest BCUT2D eigenvalue weighted by Crippen LogP contribution is -2.41. The summed E-state index contributed by atoms with van der Waals surface area (Å²) in [5.41, 5.74) is 0.510. The van der Waals surface area contributed by atoms with Crippen LogP contribution in [-0.2, 0) is 16.1 Å². The summed E-state index contributed by atoms with van der Waals surface area (Å²) in [6, 6.07) is 4.90. The number of amides is 1. The molecule has 0 saturated carbocycles. The first kappa shape index (κ1) is 15.2.